The van der Waals surface area contributed by atoms with Crippen molar-refractivity contribution in [1.82, 2.24) is 5.32 Å². The summed E-state index contributed by atoms with van der Waals surface area (Å²) in [5.74, 6) is -0.0244. The first-order valence-electron chi connectivity index (χ1n) is 3.71. The second-order valence-corrected chi connectivity index (χ2v) is 3.38. The number of piperidine rings is 1. The third-order valence-electron chi connectivity index (χ3n) is 2.76. The number of fused-ring (bicyclic) bond motifs is 2. The highest BCUT2D eigenvalue weighted by Crippen LogP contribution is 2.39. The Bertz CT molecular complexity index is 175. The van der Waals surface area contributed by atoms with Gasteiger partial charge in [0.1, 0.15) is 5.54 Å². The van der Waals surface area contributed by atoms with Crippen LogP contribution in [0, 0.1) is 5.92 Å². The van der Waals surface area contributed by atoms with Crippen molar-refractivity contribution in [3.63, 3.8) is 0 Å². The number of nitrogens with one attached hydrogen (secondary N) is 1. The van der Waals surface area contributed by atoms with Gasteiger partial charge in [-0.25, -0.2) is 0 Å². The van der Waals surface area contributed by atoms with Crippen molar-refractivity contribution in [2.45, 2.75) is 24.8 Å². The number of carbonyl (C=O) groups is 1. The summed E-state index contributed by atoms with van der Waals surface area (Å²) >= 11 is 0. The fraction of sp³-hybridized carbons (Fsp3) is 0.857. The van der Waals surface area contributed by atoms with E-state index in [1.54, 1.807) is 0 Å². The van der Waals surface area contributed by atoms with Crippen LogP contribution in [0.15, 0.2) is 0 Å². The van der Waals surface area contributed by atoms with Gasteiger partial charge in [-0.1, -0.05) is 0 Å². The van der Waals surface area contributed by atoms with E-state index in [9.17, 15) is 4.79 Å². The molecule has 2 atom stereocenters. The summed E-state index contributed by atoms with van der Waals surface area (Å²) in [5.41, 5.74) is -0.523. The van der Waals surface area contributed by atoms with Crippen molar-refractivity contribution in [3.05, 3.63) is 0 Å². The molecule has 0 aromatic heterocycles. The lowest BCUT2D eigenvalue weighted by Crippen LogP contribution is -2.47. The molecule has 1 saturated carbocycles. The SMILES string of the molecule is Cl.O=C(O)[C@@]12CC[C@@H](CN1)C2. The Morgan fingerprint density at radius 2 is 2.36 bits per heavy atom. The fourth-order valence-corrected chi connectivity index (χ4v) is 2.09. The van der Waals surface area contributed by atoms with Crippen LogP contribution in [-0.4, -0.2) is 23.2 Å². The normalized spacial score (nSPS) is 40.2. The second kappa shape index (κ2) is 2.64. The summed E-state index contributed by atoms with van der Waals surface area (Å²) in [6.45, 7) is 0.909. The Balaban J connectivity index is 0.000000605. The molecule has 0 aromatic carbocycles. The number of hydrogen-bond acceptors (Lipinski definition) is 2. The second-order valence-electron chi connectivity index (χ2n) is 3.38. The molecule has 11 heavy (non-hydrogen) atoms. The third-order valence-corrected chi connectivity index (χ3v) is 2.76. The van der Waals surface area contributed by atoms with Crippen molar-refractivity contribution >= 4 is 18.4 Å². The Kier molecular flexibility index (Phi) is 2.12. The van der Waals surface area contributed by atoms with Crippen LogP contribution >= 0.6 is 12.4 Å². The van der Waals surface area contributed by atoms with Gasteiger partial charge in [-0.2, -0.15) is 0 Å². The number of halogens is 1. The molecule has 1 heterocycles. The molecule has 4 heteroatoms. The smallest absolute Gasteiger partial charge is 0.323 e. The van der Waals surface area contributed by atoms with Gasteiger partial charge >= 0.3 is 5.97 Å². The first kappa shape index (κ1) is 8.81. The topological polar surface area (TPSA) is 49.3 Å². The highest BCUT2D eigenvalue weighted by atomic mass is 35.5. The van der Waals surface area contributed by atoms with Gasteiger partial charge in [0.25, 0.3) is 0 Å². The maximum atomic E-state index is 10.7. The van der Waals surface area contributed by atoms with Crippen LogP contribution in [0.3, 0.4) is 0 Å². The standard InChI is InChI=1S/C7H11NO2.ClH/c9-6(10)7-2-1-5(3-7)4-8-7;/h5,8H,1-4H2,(H,9,10);1H/t5-,7+;/m1./s1. The van der Waals surface area contributed by atoms with Crippen molar-refractivity contribution in [3.8, 4) is 0 Å². The lowest BCUT2D eigenvalue weighted by molar-refractivity contribution is -0.144. The molecule has 2 bridgehead atoms. The van der Waals surface area contributed by atoms with Gasteiger partial charge in [-0.15, -0.1) is 12.4 Å². The molecule has 0 aromatic rings. The van der Waals surface area contributed by atoms with E-state index in [1.807, 2.05) is 0 Å². The molecule has 64 valence electrons. The van der Waals surface area contributed by atoms with Gasteiger partial charge in [0.15, 0.2) is 0 Å². The minimum Gasteiger partial charge on any atom is -0.480 e. The Morgan fingerprint density at radius 3 is 2.55 bits per heavy atom. The van der Waals surface area contributed by atoms with Crippen LogP contribution in [0.2, 0.25) is 0 Å². The average Bonchev–Trinajstić information content (AvgIpc) is 2.45. The summed E-state index contributed by atoms with van der Waals surface area (Å²) in [4.78, 5) is 10.7. The van der Waals surface area contributed by atoms with Gasteiger partial charge in [0.2, 0.25) is 0 Å². The fourth-order valence-electron chi connectivity index (χ4n) is 2.09. The molecular formula is C7H12ClNO2. The molecule has 2 fully saturated rings. The zero-order valence-electron chi connectivity index (χ0n) is 6.17. The predicted octanol–water partition coefficient (Wildman–Crippen LogP) is 0.635. The van der Waals surface area contributed by atoms with Crippen LogP contribution in [0.5, 0.6) is 0 Å². The maximum absolute atomic E-state index is 10.7. The first-order valence-corrected chi connectivity index (χ1v) is 3.71. The number of hydrogen-bond donors (Lipinski definition) is 2. The van der Waals surface area contributed by atoms with Crippen LogP contribution in [0.4, 0.5) is 0 Å². The van der Waals surface area contributed by atoms with Crippen molar-refractivity contribution < 1.29 is 9.90 Å². The van der Waals surface area contributed by atoms with E-state index in [0.29, 0.717) is 5.92 Å². The summed E-state index contributed by atoms with van der Waals surface area (Å²) in [6.07, 6.45) is 2.77. The molecule has 1 aliphatic heterocycles. The zero-order chi connectivity index (χ0) is 7.19. The van der Waals surface area contributed by atoms with Gasteiger partial charge in [0, 0.05) is 0 Å². The van der Waals surface area contributed by atoms with Crippen LogP contribution < -0.4 is 5.32 Å². The highest BCUT2D eigenvalue weighted by Gasteiger charge is 2.50. The molecule has 0 unspecified atom stereocenters. The molecular weight excluding hydrogens is 166 g/mol. The Labute approximate surface area is 71.6 Å². The summed E-state index contributed by atoms with van der Waals surface area (Å²) in [6, 6.07) is 0. The summed E-state index contributed by atoms with van der Waals surface area (Å²) in [7, 11) is 0. The van der Waals surface area contributed by atoms with Gasteiger partial charge in [0.05, 0.1) is 0 Å². The number of carboxylic acid groups (broad SMARTS) is 1. The van der Waals surface area contributed by atoms with E-state index in [1.165, 1.54) is 0 Å². The monoisotopic (exact) mass is 177 g/mol. The summed E-state index contributed by atoms with van der Waals surface area (Å²) in [5, 5.41) is 11.9. The van der Waals surface area contributed by atoms with Crippen LogP contribution in [-0.2, 0) is 4.79 Å². The molecule has 0 amide bonds. The van der Waals surface area contributed by atoms with E-state index in [2.05, 4.69) is 5.32 Å². The molecule has 2 aliphatic rings. The quantitative estimate of drug-likeness (QED) is 0.618. The van der Waals surface area contributed by atoms with Crippen molar-refractivity contribution in [2.75, 3.05) is 6.54 Å². The van der Waals surface area contributed by atoms with E-state index in [0.717, 1.165) is 25.8 Å². The lowest BCUT2D eigenvalue weighted by Gasteiger charge is -2.21. The van der Waals surface area contributed by atoms with Gasteiger partial charge in [-0.3, -0.25) is 4.79 Å². The van der Waals surface area contributed by atoms with E-state index >= 15 is 0 Å². The molecule has 1 saturated heterocycles. The Morgan fingerprint density at radius 1 is 1.64 bits per heavy atom. The number of carboxylic acids is 1. The van der Waals surface area contributed by atoms with Crippen molar-refractivity contribution in [1.29, 1.82) is 0 Å². The van der Waals surface area contributed by atoms with Gasteiger partial charge < -0.3 is 10.4 Å². The molecule has 1 aliphatic carbocycles. The van der Waals surface area contributed by atoms with Crippen LogP contribution in [0.1, 0.15) is 19.3 Å². The van der Waals surface area contributed by atoms with Crippen LogP contribution in [0.25, 0.3) is 0 Å². The van der Waals surface area contributed by atoms with E-state index < -0.39 is 11.5 Å². The van der Waals surface area contributed by atoms with Gasteiger partial charge in [-0.05, 0) is 31.7 Å². The highest BCUT2D eigenvalue weighted by molar-refractivity contribution is 5.85. The summed E-state index contributed by atoms with van der Waals surface area (Å²) < 4.78 is 0. The lowest BCUT2D eigenvalue weighted by atomic mass is 10.0. The molecule has 3 nitrogen and oxygen atoms in total. The zero-order valence-corrected chi connectivity index (χ0v) is 6.99. The molecule has 0 radical (unpaired) electrons. The van der Waals surface area contributed by atoms with Crippen molar-refractivity contribution in [2.24, 2.45) is 5.92 Å². The first-order chi connectivity index (χ1) is 4.73. The maximum Gasteiger partial charge on any atom is 0.323 e. The average molecular weight is 178 g/mol. The number of aliphatic carboxylic acids is 1. The predicted molar refractivity (Wildman–Crippen MR) is 43.0 cm³/mol. The van der Waals surface area contributed by atoms with E-state index in [4.69, 9.17) is 5.11 Å². The molecule has 2 rings (SSSR count). The minimum absolute atomic E-state index is 0. The Hall–Kier alpha value is -0.280. The molecule has 0 spiro atoms. The third kappa shape index (κ3) is 1.12. The molecule has 2 N–H and O–H groups in total. The largest absolute Gasteiger partial charge is 0.480 e. The minimum atomic E-state index is -0.660. The number of rotatable bonds is 1. The van der Waals surface area contributed by atoms with E-state index in [-0.39, 0.29) is 12.4 Å².